The van der Waals surface area contributed by atoms with Crippen LogP contribution in [-0.2, 0) is 9.53 Å². The van der Waals surface area contributed by atoms with Crippen molar-refractivity contribution in [1.82, 2.24) is 9.88 Å². The Kier molecular flexibility index (Phi) is 6.24. The highest BCUT2D eigenvalue weighted by atomic mass is 16.5. The zero-order valence-electron chi connectivity index (χ0n) is 17.6. The van der Waals surface area contributed by atoms with Crippen LogP contribution in [0.3, 0.4) is 0 Å². The van der Waals surface area contributed by atoms with E-state index < -0.39 is 12.1 Å². The van der Waals surface area contributed by atoms with Crippen molar-refractivity contribution in [3.05, 3.63) is 46.7 Å². The lowest BCUT2D eigenvalue weighted by Gasteiger charge is -2.30. The molecule has 1 atom stereocenters. The van der Waals surface area contributed by atoms with E-state index in [1.54, 1.807) is 30.9 Å². The third-order valence-corrected chi connectivity index (χ3v) is 5.55. The van der Waals surface area contributed by atoms with E-state index >= 15 is 0 Å². The smallest absolute Gasteiger partial charge is 0.309 e. The molecule has 3 heterocycles. The Balaban J connectivity index is 1.57. The Morgan fingerprint density at radius 1 is 1.20 bits per heavy atom. The minimum atomic E-state index is -0.975. The summed E-state index contributed by atoms with van der Waals surface area (Å²) in [5.74, 6) is -1.25. The molecule has 2 aromatic heterocycles. The summed E-state index contributed by atoms with van der Waals surface area (Å²) in [6, 6.07) is 3.26. The van der Waals surface area contributed by atoms with Gasteiger partial charge in [0.25, 0.3) is 5.91 Å². The number of rotatable bonds is 6. The minimum absolute atomic E-state index is 0.124. The van der Waals surface area contributed by atoms with E-state index in [2.05, 4.69) is 4.98 Å². The summed E-state index contributed by atoms with van der Waals surface area (Å²) in [7, 11) is 0. The molecule has 1 saturated heterocycles. The third-order valence-electron chi connectivity index (χ3n) is 5.55. The Hall–Kier alpha value is -3.16. The molecule has 0 radical (unpaired) electrons. The first-order chi connectivity index (χ1) is 14.2. The number of nitrogens with zero attached hydrogens (tertiary/aromatic N) is 1. The van der Waals surface area contributed by atoms with E-state index in [0.29, 0.717) is 42.8 Å². The quantitative estimate of drug-likeness (QED) is 0.575. The number of ether oxygens (including phenoxy) is 1. The molecule has 3 rings (SSSR count). The number of carbonyl (C=O) groups is 4. The van der Waals surface area contributed by atoms with Gasteiger partial charge in [0.15, 0.2) is 17.6 Å². The van der Waals surface area contributed by atoms with Gasteiger partial charge in [-0.05, 0) is 58.2 Å². The second-order valence-corrected chi connectivity index (χ2v) is 7.67. The number of aromatic nitrogens is 1. The Bertz CT molecular complexity index is 964. The van der Waals surface area contributed by atoms with Gasteiger partial charge in [-0.3, -0.25) is 19.2 Å². The van der Waals surface area contributed by atoms with Gasteiger partial charge in [0.05, 0.1) is 17.9 Å². The summed E-state index contributed by atoms with van der Waals surface area (Å²) in [6.45, 7) is 7.24. The van der Waals surface area contributed by atoms with Crippen LogP contribution in [0.4, 0.5) is 0 Å². The van der Waals surface area contributed by atoms with Crippen LogP contribution >= 0.6 is 0 Å². The number of likely N-dealkylation sites (tertiary alicyclic amines) is 1. The van der Waals surface area contributed by atoms with Crippen LogP contribution in [0.1, 0.15) is 69.3 Å². The van der Waals surface area contributed by atoms with Gasteiger partial charge >= 0.3 is 5.97 Å². The van der Waals surface area contributed by atoms with Crippen molar-refractivity contribution >= 4 is 23.4 Å². The van der Waals surface area contributed by atoms with Crippen LogP contribution in [0.5, 0.6) is 0 Å². The van der Waals surface area contributed by atoms with Gasteiger partial charge in [0.2, 0.25) is 5.78 Å². The summed E-state index contributed by atoms with van der Waals surface area (Å²) >= 11 is 0. The second-order valence-electron chi connectivity index (χ2n) is 7.67. The average molecular weight is 414 g/mol. The number of esters is 1. The van der Waals surface area contributed by atoms with E-state index in [0.717, 1.165) is 0 Å². The number of H-pyrrole nitrogens is 1. The largest absolute Gasteiger partial charge is 0.459 e. The fourth-order valence-corrected chi connectivity index (χ4v) is 3.93. The monoisotopic (exact) mass is 414 g/mol. The van der Waals surface area contributed by atoms with Crippen molar-refractivity contribution < 1.29 is 28.3 Å². The Morgan fingerprint density at radius 3 is 2.40 bits per heavy atom. The van der Waals surface area contributed by atoms with Gasteiger partial charge in [-0.25, -0.2) is 0 Å². The zero-order valence-corrected chi connectivity index (χ0v) is 17.6. The van der Waals surface area contributed by atoms with Crippen molar-refractivity contribution in [3.8, 4) is 0 Å². The SMILES string of the molecule is CC(=O)c1c(C)[nH]c(C(=O)C(C)OC(=O)C2CCN(C(=O)c3ccco3)CC2)c1C. The van der Waals surface area contributed by atoms with Gasteiger partial charge in [0.1, 0.15) is 0 Å². The topological polar surface area (TPSA) is 110 Å². The molecule has 8 nitrogen and oxygen atoms in total. The van der Waals surface area contributed by atoms with E-state index in [4.69, 9.17) is 9.15 Å². The van der Waals surface area contributed by atoms with Crippen molar-refractivity contribution in [2.45, 2.75) is 46.6 Å². The third kappa shape index (κ3) is 4.22. The molecule has 1 unspecified atom stereocenters. The summed E-state index contributed by atoms with van der Waals surface area (Å²) in [4.78, 5) is 54.0. The molecule has 1 amide bonds. The molecule has 0 aromatic carbocycles. The molecule has 1 aliphatic heterocycles. The van der Waals surface area contributed by atoms with Crippen molar-refractivity contribution in [3.63, 3.8) is 0 Å². The van der Waals surface area contributed by atoms with Crippen LogP contribution in [0.15, 0.2) is 22.8 Å². The number of furan rings is 1. The Labute approximate surface area is 174 Å². The normalized spacial score (nSPS) is 15.7. The molecule has 160 valence electrons. The molecule has 0 bridgehead atoms. The van der Waals surface area contributed by atoms with Gasteiger partial charge in [-0.15, -0.1) is 0 Å². The molecule has 1 aliphatic rings. The highest BCUT2D eigenvalue weighted by Crippen LogP contribution is 2.23. The predicted molar refractivity (Wildman–Crippen MR) is 107 cm³/mol. The fraction of sp³-hybridized carbons (Fsp3) is 0.455. The summed E-state index contributed by atoms with van der Waals surface area (Å²) in [6.07, 6.45) is 1.39. The maximum absolute atomic E-state index is 12.8. The standard InChI is InChI=1S/C22H26N2O6/c1-12-18(14(3)25)13(2)23-19(12)20(26)15(4)30-22(28)16-7-9-24(10-8-16)21(27)17-6-5-11-29-17/h5-6,11,15-16,23H,7-10H2,1-4H3. The second kappa shape index (κ2) is 8.69. The van der Waals surface area contributed by atoms with Gasteiger partial charge in [-0.1, -0.05) is 0 Å². The summed E-state index contributed by atoms with van der Waals surface area (Å²) in [5, 5.41) is 0. The maximum Gasteiger partial charge on any atom is 0.309 e. The molecule has 30 heavy (non-hydrogen) atoms. The number of hydrogen-bond acceptors (Lipinski definition) is 6. The van der Waals surface area contributed by atoms with Crippen molar-refractivity contribution in [2.24, 2.45) is 5.92 Å². The number of piperidine rings is 1. The van der Waals surface area contributed by atoms with Crippen LogP contribution in [0, 0.1) is 19.8 Å². The van der Waals surface area contributed by atoms with Crippen LogP contribution in [0.2, 0.25) is 0 Å². The van der Waals surface area contributed by atoms with Gasteiger partial charge in [0, 0.05) is 24.3 Å². The molecule has 0 spiro atoms. The lowest BCUT2D eigenvalue weighted by molar-refractivity contribution is -0.152. The maximum atomic E-state index is 12.8. The molecule has 0 saturated carbocycles. The predicted octanol–water partition coefficient (Wildman–Crippen LogP) is 3.09. The average Bonchev–Trinajstić information content (AvgIpc) is 3.34. The minimum Gasteiger partial charge on any atom is -0.459 e. The number of aryl methyl sites for hydroxylation is 1. The number of nitrogens with one attached hydrogen (secondary N) is 1. The molecule has 8 heteroatoms. The van der Waals surface area contributed by atoms with Crippen molar-refractivity contribution in [2.75, 3.05) is 13.1 Å². The Morgan fingerprint density at radius 2 is 1.87 bits per heavy atom. The molecule has 0 aliphatic carbocycles. The molecular formula is C22H26N2O6. The molecule has 1 N–H and O–H groups in total. The first-order valence-corrected chi connectivity index (χ1v) is 9.98. The first kappa shape index (κ1) is 21.5. The number of amides is 1. The number of aromatic amines is 1. The number of Topliss-reactive ketones (excluding diaryl/α,β-unsaturated/α-hetero) is 2. The van der Waals surface area contributed by atoms with Gasteiger partial charge in [-0.2, -0.15) is 0 Å². The van der Waals surface area contributed by atoms with Crippen LogP contribution in [-0.4, -0.2) is 52.5 Å². The summed E-state index contributed by atoms with van der Waals surface area (Å²) < 4.78 is 10.6. The number of ketones is 2. The lowest BCUT2D eigenvalue weighted by atomic mass is 9.96. The fourth-order valence-electron chi connectivity index (χ4n) is 3.93. The van der Waals surface area contributed by atoms with Gasteiger partial charge < -0.3 is 19.0 Å². The van der Waals surface area contributed by atoms with Crippen LogP contribution < -0.4 is 0 Å². The first-order valence-electron chi connectivity index (χ1n) is 9.98. The summed E-state index contributed by atoms with van der Waals surface area (Å²) in [5.41, 5.74) is 1.97. The number of carbonyl (C=O) groups excluding carboxylic acids is 4. The van der Waals surface area contributed by atoms with E-state index in [-0.39, 0.29) is 34.8 Å². The lowest BCUT2D eigenvalue weighted by Crippen LogP contribution is -2.41. The van der Waals surface area contributed by atoms with Crippen LogP contribution in [0.25, 0.3) is 0 Å². The highest BCUT2D eigenvalue weighted by molar-refractivity contribution is 6.05. The van der Waals surface area contributed by atoms with E-state index in [9.17, 15) is 19.2 Å². The van der Waals surface area contributed by atoms with E-state index in [1.165, 1.54) is 20.1 Å². The highest BCUT2D eigenvalue weighted by Gasteiger charge is 2.32. The molecule has 2 aromatic rings. The number of hydrogen-bond donors (Lipinski definition) is 1. The van der Waals surface area contributed by atoms with E-state index in [1.807, 2.05) is 0 Å². The molecule has 1 fully saturated rings. The van der Waals surface area contributed by atoms with Crippen molar-refractivity contribution in [1.29, 1.82) is 0 Å². The zero-order chi connectivity index (χ0) is 22.0. The molecular weight excluding hydrogens is 388 g/mol.